The van der Waals surface area contributed by atoms with Crippen LogP contribution in [0.15, 0.2) is 60.7 Å². The quantitative estimate of drug-likeness (QED) is 0.111. The van der Waals surface area contributed by atoms with E-state index in [1.807, 2.05) is 0 Å². The Hall–Kier alpha value is -1.37. The Labute approximate surface area is 206 Å². The molecule has 196 valence electrons. The van der Waals surface area contributed by atoms with Crippen LogP contribution < -0.4 is 10.6 Å². The summed E-state index contributed by atoms with van der Waals surface area (Å²) in [6.45, 7) is 0. The largest absolute Gasteiger partial charge is 0.460 e. The normalized spacial score (nSPS) is 15.2. The lowest BCUT2D eigenvalue weighted by molar-refractivity contribution is -0.422. The first-order valence-corrected chi connectivity index (χ1v) is 13.0. The Morgan fingerprint density at radius 2 is 1.06 bits per heavy atom. The van der Waals surface area contributed by atoms with Crippen molar-refractivity contribution < 1.29 is 52.9 Å². The van der Waals surface area contributed by atoms with Crippen molar-refractivity contribution in [1.29, 1.82) is 0 Å². The molecule has 0 saturated heterocycles. The lowest BCUT2D eigenvalue weighted by atomic mass is 9.94. The van der Waals surface area contributed by atoms with Gasteiger partial charge in [-0.15, -0.1) is 0 Å². The Balaban J connectivity index is 2.65. The summed E-state index contributed by atoms with van der Waals surface area (Å²) in [5.74, 6) is -28.2. The molecule has 0 spiro atoms. The Morgan fingerprint density at radius 3 is 1.40 bits per heavy atom. The first-order valence-electron chi connectivity index (χ1n) is 9.73. The molecule has 14 heteroatoms. The van der Waals surface area contributed by atoms with Crippen LogP contribution in [-0.2, 0) is 4.57 Å². The molecule has 35 heavy (non-hydrogen) atoms. The summed E-state index contributed by atoms with van der Waals surface area (Å²) < 4.78 is 163. The van der Waals surface area contributed by atoms with Gasteiger partial charge in [0.1, 0.15) is 7.14 Å². The fourth-order valence-electron chi connectivity index (χ4n) is 3.44. The third-order valence-electron chi connectivity index (χ3n) is 5.33. The summed E-state index contributed by atoms with van der Waals surface area (Å²) in [4.78, 5) is 0. The second-order valence-corrected chi connectivity index (χ2v) is 11.7. The lowest BCUT2D eigenvalue weighted by Crippen LogP contribution is -2.66. The van der Waals surface area contributed by atoms with Crippen LogP contribution in [0.2, 0.25) is 0 Å². The van der Waals surface area contributed by atoms with Crippen molar-refractivity contribution in [3.63, 3.8) is 0 Å². The van der Waals surface area contributed by atoms with Gasteiger partial charge in [0.25, 0.3) is 0 Å². The molecule has 0 saturated carbocycles. The van der Waals surface area contributed by atoms with Crippen LogP contribution in [0.1, 0.15) is 12.8 Å². The van der Waals surface area contributed by atoms with Gasteiger partial charge in [-0.1, -0.05) is 83.3 Å². The van der Waals surface area contributed by atoms with Crippen molar-refractivity contribution >= 4 is 40.3 Å². The third-order valence-corrected chi connectivity index (χ3v) is 9.55. The average molecular weight is 652 g/mol. The Morgan fingerprint density at radius 1 is 0.657 bits per heavy atom. The minimum atomic E-state index is -7.50. The summed E-state index contributed by atoms with van der Waals surface area (Å²) in [6.07, 6.45) is -10.1. The third kappa shape index (κ3) is 5.21. The molecule has 1 atom stereocenters. The van der Waals surface area contributed by atoms with Crippen LogP contribution in [-0.4, -0.2) is 40.0 Å². The maximum absolute atomic E-state index is 14.7. The van der Waals surface area contributed by atoms with Crippen LogP contribution in [0.3, 0.4) is 0 Å². The first kappa shape index (κ1) is 29.9. The molecular weight excluding hydrogens is 635 g/mol. The maximum Gasteiger partial charge on any atom is 0.460 e. The zero-order chi connectivity index (χ0) is 26.9. The lowest BCUT2D eigenvalue weighted by Gasteiger charge is -2.39. The van der Waals surface area contributed by atoms with Gasteiger partial charge in [0, 0.05) is 27.1 Å². The molecule has 0 heterocycles. The minimum absolute atomic E-state index is 0.0944. The molecule has 0 N–H and O–H groups in total. The van der Waals surface area contributed by atoms with E-state index in [1.54, 1.807) is 22.6 Å². The number of rotatable bonds is 10. The van der Waals surface area contributed by atoms with Gasteiger partial charge in [0.2, 0.25) is 0 Å². The SMILES string of the molecule is O=P(c1ccccc1)(c1ccccc1)C(CCI)CC(F)(F)C(F)(F)C(F)(F)C(F)(F)C(F)(F)F. The molecule has 1 nitrogen and oxygen atoms in total. The molecule has 2 rings (SSSR count). The van der Waals surface area contributed by atoms with E-state index in [2.05, 4.69) is 0 Å². The highest BCUT2D eigenvalue weighted by molar-refractivity contribution is 14.1. The number of alkyl halides is 12. The molecule has 2 aromatic carbocycles. The van der Waals surface area contributed by atoms with E-state index in [-0.39, 0.29) is 15.0 Å². The zero-order valence-corrected chi connectivity index (χ0v) is 20.4. The molecule has 1 unspecified atom stereocenters. The highest BCUT2D eigenvalue weighted by Crippen LogP contribution is 2.61. The molecule has 0 fully saturated rings. The smallest absolute Gasteiger partial charge is 0.313 e. The minimum Gasteiger partial charge on any atom is -0.313 e. The summed E-state index contributed by atoms with van der Waals surface area (Å²) in [6, 6.07) is 13.3. The number of hydrogen-bond donors (Lipinski definition) is 0. The van der Waals surface area contributed by atoms with Crippen LogP contribution >= 0.6 is 29.7 Å². The first-order chi connectivity index (χ1) is 15.9. The monoisotopic (exact) mass is 652 g/mol. The van der Waals surface area contributed by atoms with E-state index < -0.39 is 55.5 Å². The molecule has 0 radical (unpaired) electrons. The number of hydrogen-bond acceptors (Lipinski definition) is 1. The summed E-state index contributed by atoms with van der Waals surface area (Å²) in [5, 5.41) is -0.208. The van der Waals surface area contributed by atoms with Gasteiger partial charge in [-0.3, -0.25) is 0 Å². The van der Waals surface area contributed by atoms with Crippen molar-refractivity contribution in [2.75, 3.05) is 4.43 Å². The van der Waals surface area contributed by atoms with Gasteiger partial charge in [0.15, 0.2) is 0 Å². The van der Waals surface area contributed by atoms with Crippen LogP contribution in [0, 0.1) is 0 Å². The predicted molar refractivity (Wildman–Crippen MR) is 118 cm³/mol. The highest BCUT2D eigenvalue weighted by atomic mass is 127. The Bertz CT molecular complexity index is 983. The van der Waals surface area contributed by atoms with Gasteiger partial charge < -0.3 is 4.57 Å². The molecule has 0 bridgehead atoms. The van der Waals surface area contributed by atoms with E-state index in [9.17, 15) is 52.9 Å². The summed E-state index contributed by atoms with van der Waals surface area (Å²) in [7, 11) is -4.31. The molecular formula is C21H17F11IOP. The summed E-state index contributed by atoms with van der Waals surface area (Å²) >= 11 is 1.62. The van der Waals surface area contributed by atoms with E-state index in [0.29, 0.717) is 0 Å². The van der Waals surface area contributed by atoms with Gasteiger partial charge in [-0.2, -0.15) is 48.3 Å². The maximum atomic E-state index is 14.7. The van der Waals surface area contributed by atoms with Gasteiger partial charge in [0.05, 0.1) is 0 Å². The fourth-order valence-corrected chi connectivity index (χ4v) is 8.03. The fraction of sp³-hybridized carbons (Fsp3) is 0.429. The van der Waals surface area contributed by atoms with Crippen molar-refractivity contribution in [3.8, 4) is 0 Å². The molecule has 0 aromatic heterocycles. The second-order valence-electron chi connectivity index (χ2n) is 7.59. The van der Waals surface area contributed by atoms with Crippen molar-refractivity contribution in [3.05, 3.63) is 60.7 Å². The van der Waals surface area contributed by atoms with E-state index in [1.165, 1.54) is 60.7 Å². The average Bonchev–Trinajstić information content (AvgIpc) is 2.78. The van der Waals surface area contributed by atoms with Gasteiger partial charge in [-0.25, -0.2) is 0 Å². The number of benzene rings is 2. The summed E-state index contributed by atoms with van der Waals surface area (Å²) in [5.41, 5.74) is -2.00. The standard InChI is InChI=1S/C21H17F11IOP/c22-17(23,18(24,25)19(26,27)20(28,29)21(30,31)32)13-16(11-12-33)35(34,14-7-3-1-4-8-14)15-9-5-2-6-10-15/h1-10,16H,11-13H2. The molecule has 0 aliphatic heterocycles. The van der Waals surface area contributed by atoms with Crippen molar-refractivity contribution in [2.24, 2.45) is 0 Å². The highest BCUT2D eigenvalue weighted by Gasteiger charge is 2.87. The number of halogens is 12. The molecule has 0 aliphatic rings. The molecule has 0 aliphatic carbocycles. The van der Waals surface area contributed by atoms with Crippen LogP contribution in [0.4, 0.5) is 48.3 Å². The zero-order valence-electron chi connectivity index (χ0n) is 17.4. The van der Waals surface area contributed by atoms with E-state index in [4.69, 9.17) is 0 Å². The van der Waals surface area contributed by atoms with Gasteiger partial charge >= 0.3 is 29.9 Å². The second kappa shape index (κ2) is 10.2. The van der Waals surface area contributed by atoms with E-state index in [0.717, 1.165) is 0 Å². The van der Waals surface area contributed by atoms with E-state index >= 15 is 0 Å². The van der Waals surface area contributed by atoms with Gasteiger partial charge in [-0.05, 0) is 6.42 Å². The van der Waals surface area contributed by atoms with Crippen LogP contribution in [0.5, 0.6) is 0 Å². The topological polar surface area (TPSA) is 17.1 Å². The molecule has 2 aromatic rings. The Kier molecular flexibility index (Phi) is 8.68. The predicted octanol–water partition coefficient (Wildman–Crippen LogP) is 7.69. The van der Waals surface area contributed by atoms with Crippen molar-refractivity contribution in [2.45, 2.75) is 48.4 Å². The van der Waals surface area contributed by atoms with Crippen LogP contribution in [0.25, 0.3) is 0 Å². The molecule has 0 amide bonds. The van der Waals surface area contributed by atoms with Crippen molar-refractivity contribution in [1.82, 2.24) is 0 Å².